The number of halogens is 1. The molecule has 0 bridgehead atoms. The second-order valence-corrected chi connectivity index (χ2v) is 9.91. The van der Waals surface area contributed by atoms with Crippen LogP contribution in [0.3, 0.4) is 0 Å². The molecule has 1 atom stereocenters. The van der Waals surface area contributed by atoms with Crippen molar-refractivity contribution in [2.24, 2.45) is 0 Å². The SMILES string of the molecule is O=C(Nc1cccc(C(CCN2CCC2)Nc2ncnc3c(C(=O)O)cccc23)c1)c1ccc(Br)cc1. The third-order valence-corrected chi connectivity index (χ3v) is 7.07. The Bertz CT molecular complexity index is 1440. The van der Waals surface area contributed by atoms with Crippen LogP contribution in [0.15, 0.2) is 77.5 Å². The molecule has 0 saturated carbocycles. The second-order valence-electron chi connectivity index (χ2n) is 9.00. The van der Waals surface area contributed by atoms with Gasteiger partial charge in [0.25, 0.3) is 5.91 Å². The molecule has 5 rings (SSSR count). The first-order valence-corrected chi connectivity index (χ1v) is 12.9. The first-order chi connectivity index (χ1) is 18.0. The van der Waals surface area contributed by atoms with Crippen LogP contribution in [0.25, 0.3) is 10.9 Å². The predicted octanol–water partition coefficient (Wildman–Crippen LogP) is 5.59. The zero-order chi connectivity index (χ0) is 25.8. The molecule has 1 aliphatic heterocycles. The smallest absolute Gasteiger partial charge is 0.337 e. The molecule has 2 heterocycles. The highest BCUT2D eigenvalue weighted by molar-refractivity contribution is 9.10. The van der Waals surface area contributed by atoms with Crippen molar-refractivity contribution < 1.29 is 14.7 Å². The lowest BCUT2D eigenvalue weighted by molar-refractivity contribution is 0.0698. The molecule has 188 valence electrons. The van der Waals surface area contributed by atoms with Crippen LogP contribution in [0.4, 0.5) is 11.5 Å². The number of para-hydroxylation sites is 1. The van der Waals surface area contributed by atoms with Crippen molar-refractivity contribution in [2.75, 3.05) is 30.3 Å². The number of anilines is 2. The van der Waals surface area contributed by atoms with Crippen LogP contribution < -0.4 is 10.6 Å². The number of hydrogen-bond acceptors (Lipinski definition) is 6. The third-order valence-electron chi connectivity index (χ3n) is 6.54. The standard InChI is InChI=1S/C28H26BrN5O3/c29-20-10-8-18(9-11-20)27(35)32-21-5-1-4-19(16-21)24(12-15-34-13-3-14-34)33-26-22-6-2-7-23(28(36)37)25(22)30-17-31-26/h1-2,4-11,16-17,24H,3,12-15H2,(H,32,35)(H,36,37)(H,30,31,33). The van der Waals surface area contributed by atoms with E-state index in [0.29, 0.717) is 28.0 Å². The van der Waals surface area contributed by atoms with E-state index in [1.54, 1.807) is 24.3 Å². The minimum atomic E-state index is -1.03. The Morgan fingerprint density at radius 1 is 1.03 bits per heavy atom. The van der Waals surface area contributed by atoms with Crippen LogP contribution in [-0.2, 0) is 0 Å². The van der Waals surface area contributed by atoms with Gasteiger partial charge >= 0.3 is 5.97 Å². The van der Waals surface area contributed by atoms with Crippen molar-refractivity contribution in [1.29, 1.82) is 0 Å². The maximum atomic E-state index is 12.8. The fourth-order valence-electron chi connectivity index (χ4n) is 4.42. The lowest BCUT2D eigenvalue weighted by atomic mass is 10.0. The number of aromatic carboxylic acids is 1. The Morgan fingerprint density at radius 3 is 2.54 bits per heavy atom. The number of carboxylic acids is 1. The average molecular weight is 560 g/mol. The van der Waals surface area contributed by atoms with Crippen LogP contribution in [0.1, 0.15) is 45.2 Å². The molecule has 1 fully saturated rings. The van der Waals surface area contributed by atoms with Crippen molar-refractivity contribution in [1.82, 2.24) is 14.9 Å². The van der Waals surface area contributed by atoms with Gasteiger partial charge in [0.2, 0.25) is 0 Å². The Kier molecular flexibility index (Phi) is 7.43. The van der Waals surface area contributed by atoms with Gasteiger partial charge < -0.3 is 20.6 Å². The molecule has 0 radical (unpaired) electrons. The number of amides is 1. The highest BCUT2D eigenvalue weighted by atomic mass is 79.9. The van der Waals surface area contributed by atoms with Crippen molar-refractivity contribution in [3.05, 3.63) is 94.2 Å². The summed E-state index contributed by atoms with van der Waals surface area (Å²) >= 11 is 3.39. The summed E-state index contributed by atoms with van der Waals surface area (Å²) in [6.07, 6.45) is 3.41. The first kappa shape index (κ1) is 24.9. The molecule has 1 aromatic heterocycles. The van der Waals surface area contributed by atoms with Gasteiger partial charge in [0, 0.05) is 27.7 Å². The van der Waals surface area contributed by atoms with E-state index in [9.17, 15) is 14.7 Å². The van der Waals surface area contributed by atoms with Gasteiger partial charge in [-0.25, -0.2) is 14.8 Å². The fourth-order valence-corrected chi connectivity index (χ4v) is 4.68. The molecule has 3 N–H and O–H groups in total. The van der Waals surface area contributed by atoms with Crippen molar-refractivity contribution in [2.45, 2.75) is 18.9 Å². The molecular formula is C28H26BrN5O3. The summed E-state index contributed by atoms with van der Waals surface area (Å²) in [4.78, 5) is 35.6. The van der Waals surface area contributed by atoms with Gasteiger partial charge in [-0.1, -0.05) is 34.1 Å². The molecule has 1 unspecified atom stereocenters. The maximum absolute atomic E-state index is 12.8. The number of benzene rings is 3. The van der Waals surface area contributed by atoms with Gasteiger partial charge in [0.15, 0.2) is 0 Å². The Labute approximate surface area is 222 Å². The van der Waals surface area contributed by atoms with Gasteiger partial charge in [-0.2, -0.15) is 0 Å². The Hall–Kier alpha value is -3.82. The van der Waals surface area contributed by atoms with E-state index in [4.69, 9.17) is 0 Å². The maximum Gasteiger partial charge on any atom is 0.337 e. The summed E-state index contributed by atoms with van der Waals surface area (Å²) in [7, 11) is 0. The molecule has 1 saturated heterocycles. The largest absolute Gasteiger partial charge is 0.478 e. The van der Waals surface area contributed by atoms with Crippen molar-refractivity contribution >= 4 is 50.2 Å². The molecule has 3 aromatic carbocycles. The van der Waals surface area contributed by atoms with E-state index < -0.39 is 5.97 Å². The van der Waals surface area contributed by atoms with Gasteiger partial charge in [-0.05, 0) is 80.0 Å². The zero-order valence-corrected chi connectivity index (χ0v) is 21.6. The minimum absolute atomic E-state index is 0.114. The quantitative estimate of drug-likeness (QED) is 0.245. The van der Waals surface area contributed by atoms with Crippen LogP contribution in [0.2, 0.25) is 0 Å². The minimum Gasteiger partial charge on any atom is -0.478 e. The van der Waals surface area contributed by atoms with Crippen molar-refractivity contribution in [3.8, 4) is 0 Å². The van der Waals surface area contributed by atoms with E-state index in [2.05, 4.69) is 41.4 Å². The molecule has 1 amide bonds. The van der Waals surface area contributed by atoms with Crippen LogP contribution in [0.5, 0.6) is 0 Å². The topological polar surface area (TPSA) is 107 Å². The number of hydrogen-bond donors (Lipinski definition) is 3. The summed E-state index contributed by atoms with van der Waals surface area (Å²) in [5, 5.41) is 16.8. The number of carbonyl (C=O) groups excluding carboxylic acids is 1. The highest BCUT2D eigenvalue weighted by Gasteiger charge is 2.20. The zero-order valence-electron chi connectivity index (χ0n) is 20.0. The average Bonchev–Trinajstić information content (AvgIpc) is 2.87. The van der Waals surface area contributed by atoms with Crippen LogP contribution in [-0.4, -0.2) is 51.5 Å². The summed E-state index contributed by atoms with van der Waals surface area (Å²) in [6, 6.07) is 19.9. The molecule has 8 nitrogen and oxygen atoms in total. The molecule has 1 aliphatic rings. The molecular weight excluding hydrogens is 534 g/mol. The monoisotopic (exact) mass is 559 g/mol. The molecule has 37 heavy (non-hydrogen) atoms. The van der Waals surface area contributed by atoms with Crippen molar-refractivity contribution in [3.63, 3.8) is 0 Å². The number of likely N-dealkylation sites (tertiary alicyclic amines) is 1. The fraction of sp³-hybridized carbons (Fsp3) is 0.214. The normalized spacial score (nSPS) is 14.1. The highest BCUT2D eigenvalue weighted by Crippen LogP contribution is 2.29. The van der Waals surface area contributed by atoms with Crippen LogP contribution in [0, 0.1) is 0 Å². The summed E-state index contributed by atoms with van der Waals surface area (Å²) in [5.41, 5.74) is 2.79. The number of rotatable bonds is 9. The van der Waals surface area contributed by atoms with E-state index in [1.807, 2.05) is 42.5 Å². The molecule has 4 aromatic rings. The predicted molar refractivity (Wildman–Crippen MR) is 147 cm³/mol. The Balaban J connectivity index is 1.42. The number of aromatic nitrogens is 2. The summed E-state index contributed by atoms with van der Waals surface area (Å²) in [5.74, 6) is -0.637. The number of nitrogens with one attached hydrogen (secondary N) is 2. The molecule has 0 spiro atoms. The molecule has 0 aliphatic carbocycles. The molecule has 9 heteroatoms. The third kappa shape index (κ3) is 5.79. The Morgan fingerprint density at radius 2 is 1.81 bits per heavy atom. The van der Waals surface area contributed by atoms with E-state index in [0.717, 1.165) is 36.1 Å². The van der Waals surface area contributed by atoms with Gasteiger partial charge in [-0.15, -0.1) is 0 Å². The second kappa shape index (κ2) is 11.1. The van der Waals surface area contributed by atoms with E-state index in [1.165, 1.54) is 12.7 Å². The summed E-state index contributed by atoms with van der Waals surface area (Å²) < 4.78 is 0.912. The lowest BCUT2D eigenvalue weighted by Gasteiger charge is -2.32. The first-order valence-electron chi connectivity index (χ1n) is 12.1. The number of fused-ring (bicyclic) bond motifs is 1. The van der Waals surface area contributed by atoms with Gasteiger partial charge in [0.1, 0.15) is 12.1 Å². The number of nitrogens with zero attached hydrogens (tertiary/aromatic N) is 3. The van der Waals surface area contributed by atoms with E-state index in [-0.39, 0.29) is 17.5 Å². The summed E-state index contributed by atoms with van der Waals surface area (Å²) in [6.45, 7) is 3.10. The number of carbonyl (C=O) groups is 2. The van der Waals surface area contributed by atoms with Gasteiger partial charge in [-0.3, -0.25) is 4.79 Å². The van der Waals surface area contributed by atoms with Crippen LogP contribution >= 0.6 is 15.9 Å². The van der Waals surface area contributed by atoms with E-state index >= 15 is 0 Å². The number of carboxylic acid groups (broad SMARTS) is 1. The lowest BCUT2D eigenvalue weighted by Crippen LogP contribution is -2.38. The van der Waals surface area contributed by atoms with Gasteiger partial charge in [0.05, 0.1) is 17.1 Å².